The molecule has 0 aliphatic heterocycles. The van der Waals surface area contributed by atoms with E-state index < -0.39 is 11.8 Å². The van der Waals surface area contributed by atoms with Crippen LogP contribution < -0.4 is 10.6 Å². The number of benzene rings is 1. The van der Waals surface area contributed by atoms with E-state index in [9.17, 15) is 14.7 Å². The van der Waals surface area contributed by atoms with E-state index in [0.717, 1.165) is 5.56 Å². The van der Waals surface area contributed by atoms with E-state index in [1.165, 1.54) is 18.3 Å². The van der Waals surface area contributed by atoms with E-state index in [-0.39, 0.29) is 11.4 Å². The molecule has 2 rings (SSSR count). The highest BCUT2D eigenvalue weighted by atomic mass is 16.3. The lowest BCUT2D eigenvalue weighted by Gasteiger charge is -2.08. The van der Waals surface area contributed by atoms with Crippen molar-refractivity contribution in [2.45, 2.75) is 6.92 Å². The topological polar surface area (TPSA) is 91.3 Å². The Morgan fingerprint density at radius 2 is 1.90 bits per heavy atom. The monoisotopic (exact) mass is 271 g/mol. The molecule has 1 aromatic carbocycles. The van der Waals surface area contributed by atoms with Crippen LogP contribution in [0.1, 0.15) is 5.56 Å². The number of carbonyl (C=O) groups excluding carboxylic acids is 2. The number of anilines is 2. The molecule has 3 N–H and O–H groups in total. The van der Waals surface area contributed by atoms with Crippen molar-refractivity contribution in [3.63, 3.8) is 0 Å². The third kappa shape index (κ3) is 3.32. The van der Waals surface area contributed by atoms with E-state index in [4.69, 9.17) is 0 Å². The van der Waals surface area contributed by atoms with Crippen LogP contribution in [0.25, 0.3) is 0 Å². The molecular formula is C14H13N3O3. The van der Waals surface area contributed by atoms with Gasteiger partial charge in [0.1, 0.15) is 5.75 Å². The minimum atomic E-state index is -0.868. The van der Waals surface area contributed by atoms with Crippen LogP contribution in [0.2, 0.25) is 0 Å². The maximum Gasteiger partial charge on any atom is 0.314 e. The second-order valence-corrected chi connectivity index (χ2v) is 4.17. The molecule has 2 aromatic rings. The first kappa shape index (κ1) is 13.5. The number of nitrogens with one attached hydrogen (secondary N) is 2. The number of hydrogen-bond acceptors (Lipinski definition) is 4. The predicted molar refractivity (Wildman–Crippen MR) is 74.3 cm³/mol. The summed E-state index contributed by atoms with van der Waals surface area (Å²) in [5.41, 5.74) is 1.45. The van der Waals surface area contributed by atoms with Crippen LogP contribution >= 0.6 is 0 Å². The van der Waals surface area contributed by atoms with Gasteiger partial charge in [-0.25, -0.2) is 0 Å². The fourth-order valence-electron chi connectivity index (χ4n) is 1.55. The number of rotatable bonds is 2. The smallest absolute Gasteiger partial charge is 0.314 e. The lowest BCUT2D eigenvalue weighted by atomic mass is 10.2. The number of aromatic nitrogens is 1. The number of amides is 2. The van der Waals surface area contributed by atoms with Gasteiger partial charge in [-0.3, -0.25) is 14.6 Å². The second kappa shape index (κ2) is 5.83. The van der Waals surface area contributed by atoms with Crippen LogP contribution in [0, 0.1) is 6.92 Å². The zero-order valence-electron chi connectivity index (χ0n) is 10.8. The molecule has 1 heterocycles. The molecule has 1 aromatic heterocycles. The van der Waals surface area contributed by atoms with Gasteiger partial charge in [0.15, 0.2) is 0 Å². The lowest BCUT2D eigenvalue weighted by Crippen LogP contribution is -2.29. The first-order valence-electron chi connectivity index (χ1n) is 5.88. The molecule has 0 unspecified atom stereocenters. The zero-order valence-corrected chi connectivity index (χ0v) is 10.8. The van der Waals surface area contributed by atoms with Gasteiger partial charge in [-0.05, 0) is 36.8 Å². The van der Waals surface area contributed by atoms with Crippen molar-refractivity contribution in [1.82, 2.24) is 4.98 Å². The average Bonchev–Trinajstić information content (AvgIpc) is 2.43. The number of aromatic hydroxyl groups is 1. The van der Waals surface area contributed by atoms with Crippen molar-refractivity contribution in [1.29, 1.82) is 0 Å². The summed E-state index contributed by atoms with van der Waals surface area (Å²) in [5, 5.41) is 14.4. The van der Waals surface area contributed by atoms with Crippen molar-refractivity contribution in [3.05, 3.63) is 48.3 Å². The van der Waals surface area contributed by atoms with Crippen LogP contribution in [0.4, 0.5) is 11.4 Å². The number of aryl methyl sites for hydroxylation is 1. The van der Waals surface area contributed by atoms with Gasteiger partial charge in [0.2, 0.25) is 0 Å². The molecule has 0 fully saturated rings. The van der Waals surface area contributed by atoms with Crippen molar-refractivity contribution < 1.29 is 14.7 Å². The van der Waals surface area contributed by atoms with E-state index in [1.807, 2.05) is 0 Å². The quantitative estimate of drug-likeness (QED) is 0.572. The minimum absolute atomic E-state index is 0.0903. The summed E-state index contributed by atoms with van der Waals surface area (Å²) in [7, 11) is 0. The Morgan fingerprint density at radius 1 is 1.15 bits per heavy atom. The summed E-state index contributed by atoms with van der Waals surface area (Å²) < 4.78 is 0. The van der Waals surface area contributed by atoms with Crippen LogP contribution in [0.15, 0.2) is 42.7 Å². The normalized spacial score (nSPS) is 9.85. The van der Waals surface area contributed by atoms with Crippen molar-refractivity contribution in [3.8, 4) is 5.75 Å². The number of pyridine rings is 1. The summed E-state index contributed by atoms with van der Waals surface area (Å²) in [6.45, 7) is 1.81. The molecule has 0 bridgehead atoms. The Balaban J connectivity index is 2.03. The van der Waals surface area contributed by atoms with Crippen LogP contribution in [-0.2, 0) is 9.59 Å². The summed E-state index contributed by atoms with van der Waals surface area (Å²) in [5.74, 6) is -1.79. The highest BCUT2D eigenvalue weighted by molar-refractivity contribution is 6.43. The van der Waals surface area contributed by atoms with Crippen LogP contribution in [0.3, 0.4) is 0 Å². The molecule has 0 saturated heterocycles. The highest BCUT2D eigenvalue weighted by Crippen LogP contribution is 2.23. The highest BCUT2D eigenvalue weighted by Gasteiger charge is 2.15. The molecule has 0 atom stereocenters. The SMILES string of the molecule is Cc1ccc(NC(=O)C(=O)Nc2cccnc2)c(O)c1. The molecular weight excluding hydrogens is 258 g/mol. The average molecular weight is 271 g/mol. The summed E-state index contributed by atoms with van der Waals surface area (Å²) in [6, 6.07) is 7.99. The van der Waals surface area contributed by atoms with Gasteiger partial charge in [-0.1, -0.05) is 6.07 Å². The van der Waals surface area contributed by atoms with Gasteiger partial charge in [-0.15, -0.1) is 0 Å². The van der Waals surface area contributed by atoms with E-state index >= 15 is 0 Å². The van der Waals surface area contributed by atoms with E-state index in [0.29, 0.717) is 5.69 Å². The van der Waals surface area contributed by atoms with E-state index in [1.54, 1.807) is 31.3 Å². The number of phenols is 1. The van der Waals surface area contributed by atoms with Crippen molar-refractivity contribution >= 4 is 23.2 Å². The standard InChI is InChI=1S/C14H13N3O3/c1-9-4-5-11(12(18)7-9)17-14(20)13(19)16-10-3-2-6-15-8-10/h2-8,18H,1H3,(H,16,19)(H,17,20). The summed E-state index contributed by atoms with van der Waals surface area (Å²) >= 11 is 0. The molecule has 0 saturated carbocycles. The molecule has 0 aliphatic rings. The van der Waals surface area contributed by atoms with Crippen molar-refractivity contribution in [2.24, 2.45) is 0 Å². The molecule has 6 nitrogen and oxygen atoms in total. The number of hydrogen-bond donors (Lipinski definition) is 3. The molecule has 0 aliphatic carbocycles. The maximum absolute atomic E-state index is 11.7. The molecule has 0 radical (unpaired) electrons. The van der Waals surface area contributed by atoms with Gasteiger partial charge in [-0.2, -0.15) is 0 Å². The lowest BCUT2D eigenvalue weighted by molar-refractivity contribution is -0.133. The van der Waals surface area contributed by atoms with Gasteiger partial charge >= 0.3 is 11.8 Å². The Morgan fingerprint density at radius 3 is 2.55 bits per heavy atom. The Labute approximate surface area is 115 Å². The summed E-state index contributed by atoms with van der Waals surface area (Å²) in [6.07, 6.45) is 2.98. The largest absolute Gasteiger partial charge is 0.506 e. The van der Waals surface area contributed by atoms with E-state index in [2.05, 4.69) is 15.6 Å². The molecule has 102 valence electrons. The first-order valence-corrected chi connectivity index (χ1v) is 5.88. The second-order valence-electron chi connectivity index (χ2n) is 4.17. The van der Waals surface area contributed by atoms with Gasteiger partial charge < -0.3 is 15.7 Å². The summed E-state index contributed by atoms with van der Waals surface area (Å²) in [4.78, 5) is 27.2. The third-order valence-corrected chi connectivity index (χ3v) is 2.53. The van der Waals surface area contributed by atoms with Crippen LogP contribution in [0.5, 0.6) is 5.75 Å². The van der Waals surface area contributed by atoms with Crippen LogP contribution in [-0.4, -0.2) is 21.9 Å². The number of phenolic OH excluding ortho intramolecular Hbond substituents is 1. The minimum Gasteiger partial charge on any atom is -0.506 e. The molecule has 6 heteroatoms. The Hall–Kier alpha value is -2.89. The predicted octanol–water partition coefficient (Wildman–Crippen LogP) is 1.67. The number of nitrogens with zero attached hydrogens (tertiary/aromatic N) is 1. The maximum atomic E-state index is 11.7. The van der Waals surface area contributed by atoms with Crippen molar-refractivity contribution in [2.75, 3.05) is 10.6 Å². The first-order chi connectivity index (χ1) is 9.56. The fraction of sp³-hybridized carbons (Fsp3) is 0.0714. The fourth-order valence-corrected chi connectivity index (χ4v) is 1.55. The zero-order chi connectivity index (χ0) is 14.5. The Kier molecular flexibility index (Phi) is 3.95. The molecule has 0 spiro atoms. The van der Waals surface area contributed by atoms with Gasteiger partial charge in [0.05, 0.1) is 17.6 Å². The van der Waals surface area contributed by atoms with Gasteiger partial charge in [0, 0.05) is 6.20 Å². The third-order valence-electron chi connectivity index (χ3n) is 2.53. The number of carbonyl (C=O) groups is 2. The Bertz CT molecular complexity index is 641. The molecule has 20 heavy (non-hydrogen) atoms. The molecule has 2 amide bonds. The van der Waals surface area contributed by atoms with Gasteiger partial charge in [0.25, 0.3) is 0 Å².